The fourth-order valence-electron chi connectivity index (χ4n) is 2.81. The lowest BCUT2D eigenvalue weighted by Crippen LogP contribution is -2.51. The summed E-state index contributed by atoms with van der Waals surface area (Å²) in [5.74, 6) is 1.12. The van der Waals surface area contributed by atoms with E-state index in [-0.39, 0.29) is 11.4 Å². The summed E-state index contributed by atoms with van der Waals surface area (Å²) in [6.07, 6.45) is 5.60. The van der Waals surface area contributed by atoms with E-state index in [0.717, 1.165) is 31.0 Å². The van der Waals surface area contributed by atoms with E-state index in [9.17, 15) is 4.79 Å². The number of methoxy groups -OCH3 is 2. The van der Waals surface area contributed by atoms with Gasteiger partial charge in [0.05, 0.1) is 25.3 Å². The van der Waals surface area contributed by atoms with Crippen LogP contribution in [0.3, 0.4) is 0 Å². The van der Waals surface area contributed by atoms with Crippen molar-refractivity contribution in [3.63, 3.8) is 0 Å². The average molecular weight is 356 g/mol. The molecule has 5 heteroatoms. The molecule has 2 rings (SSSR count). The van der Waals surface area contributed by atoms with E-state index in [1.807, 2.05) is 0 Å². The van der Waals surface area contributed by atoms with Crippen LogP contribution in [0, 0.1) is 0 Å². The fraction of sp³-hybridized carbons (Fsp3) is 0.562. The Hall–Kier alpha value is -1.23. The summed E-state index contributed by atoms with van der Waals surface area (Å²) in [5, 5.41) is 3.99. The number of hydrogen-bond acceptors (Lipinski definition) is 3. The summed E-state index contributed by atoms with van der Waals surface area (Å²) in [6, 6.07) is 5.26. The van der Waals surface area contributed by atoms with Gasteiger partial charge >= 0.3 is 0 Å². The van der Waals surface area contributed by atoms with E-state index in [1.165, 1.54) is 6.42 Å². The van der Waals surface area contributed by atoms with Gasteiger partial charge in [-0.25, -0.2) is 0 Å². The van der Waals surface area contributed by atoms with Crippen molar-refractivity contribution >= 4 is 21.8 Å². The molecule has 0 spiro atoms. The number of amides is 1. The Bertz CT molecular complexity index is 498. The summed E-state index contributed by atoms with van der Waals surface area (Å²) in [6.45, 7) is 0. The molecule has 0 aromatic heterocycles. The summed E-state index contributed by atoms with van der Waals surface area (Å²) in [5.41, 5.74) is 0.407. The normalized spacial score (nSPS) is 17.1. The van der Waals surface area contributed by atoms with Crippen LogP contribution in [-0.4, -0.2) is 31.0 Å². The molecule has 0 saturated heterocycles. The molecule has 116 valence electrons. The quantitative estimate of drug-likeness (QED) is 0.821. The largest absolute Gasteiger partial charge is 0.497 e. The number of rotatable bonds is 5. The summed E-state index contributed by atoms with van der Waals surface area (Å²) in [4.78, 5) is 12.6. The van der Waals surface area contributed by atoms with Crippen molar-refractivity contribution in [2.45, 2.75) is 37.6 Å². The number of nitrogens with one attached hydrogen (secondary N) is 1. The van der Waals surface area contributed by atoms with Crippen molar-refractivity contribution in [3.8, 4) is 11.5 Å². The molecule has 0 radical (unpaired) electrons. The van der Waals surface area contributed by atoms with E-state index in [1.54, 1.807) is 32.4 Å². The third kappa shape index (κ3) is 3.70. The third-order valence-corrected chi connectivity index (χ3v) is 5.17. The summed E-state index contributed by atoms with van der Waals surface area (Å²) in [7, 11) is 3.16. The van der Waals surface area contributed by atoms with E-state index in [0.29, 0.717) is 17.1 Å². The van der Waals surface area contributed by atoms with Gasteiger partial charge in [0.1, 0.15) is 11.5 Å². The van der Waals surface area contributed by atoms with Crippen LogP contribution < -0.4 is 14.8 Å². The van der Waals surface area contributed by atoms with Gasteiger partial charge in [-0.05, 0) is 25.0 Å². The van der Waals surface area contributed by atoms with Crippen LogP contribution in [0.1, 0.15) is 42.5 Å². The molecule has 4 nitrogen and oxygen atoms in total. The molecule has 1 N–H and O–H groups in total. The highest BCUT2D eigenvalue weighted by molar-refractivity contribution is 9.09. The highest BCUT2D eigenvalue weighted by atomic mass is 79.9. The number of benzene rings is 1. The molecule has 21 heavy (non-hydrogen) atoms. The standard InChI is InChI=1S/C16H22BrNO3/c1-20-12-6-7-13(14(10-12)21-2)15(19)18-16(11-17)8-4-3-5-9-16/h6-7,10H,3-5,8-9,11H2,1-2H3,(H,18,19). The zero-order valence-corrected chi connectivity index (χ0v) is 14.2. The van der Waals surface area contributed by atoms with Gasteiger partial charge in [-0.1, -0.05) is 35.2 Å². The van der Waals surface area contributed by atoms with Crippen LogP contribution in [-0.2, 0) is 0 Å². The first-order chi connectivity index (χ1) is 10.1. The monoisotopic (exact) mass is 355 g/mol. The minimum atomic E-state index is -0.139. The lowest BCUT2D eigenvalue weighted by Gasteiger charge is -2.36. The second-order valence-electron chi connectivity index (χ2n) is 5.49. The second kappa shape index (κ2) is 7.16. The number of hydrogen-bond donors (Lipinski definition) is 1. The van der Waals surface area contributed by atoms with E-state index in [2.05, 4.69) is 21.2 Å². The highest BCUT2D eigenvalue weighted by Gasteiger charge is 2.33. The van der Waals surface area contributed by atoms with Gasteiger partial charge in [-0.2, -0.15) is 0 Å². The van der Waals surface area contributed by atoms with E-state index in [4.69, 9.17) is 9.47 Å². The number of carbonyl (C=O) groups excluding carboxylic acids is 1. The van der Waals surface area contributed by atoms with Crippen LogP contribution >= 0.6 is 15.9 Å². The average Bonchev–Trinajstić information content (AvgIpc) is 2.54. The Kier molecular flexibility index (Phi) is 5.51. The van der Waals surface area contributed by atoms with Gasteiger partial charge in [-0.3, -0.25) is 4.79 Å². The molecule has 1 aromatic rings. The van der Waals surface area contributed by atoms with Gasteiger partial charge < -0.3 is 14.8 Å². The molecule has 0 aliphatic heterocycles. The molecule has 0 heterocycles. The predicted octanol–water partition coefficient (Wildman–Crippen LogP) is 3.53. The number of ether oxygens (including phenoxy) is 2. The van der Waals surface area contributed by atoms with Crippen LogP contribution in [0.2, 0.25) is 0 Å². The maximum atomic E-state index is 12.6. The molecule has 1 aliphatic rings. The Morgan fingerprint density at radius 3 is 2.52 bits per heavy atom. The van der Waals surface area contributed by atoms with Crippen molar-refractivity contribution < 1.29 is 14.3 Å². The second-order valence-corrected chi connectivity index (χ2v) is 6.06. The molecular formula is C16H22BrNO3. The highest BCUT2D eigenvalue weighted by Crippen LogP contribution is 2.31. The van der Waals surface area contributed by atoms with Crippen molar-refractivity contribution in [2.24, 2.45) is 0 Å². The predicted molar refractivity (Wildman–Crippen MR) is 86.6 cm³/mol. The van der Waals surface area contributed by atoms with Gasteiger partial charge in [-0.15, -0.1) is 0 Å². The van der Waals surface area contributed by atoms with Gasteiger partial charge in [0, 0.05) is 11.4 Å². The van der Waals surface area contributed by atoms with Crippen LogP contribution in [0.15, 0.2) is 18.2 Å². The zero-order chi connectivity index (χ0) is 15.3. The molecule has 0 atom stereocenters. The minimum Gasteiger partial charge on any atom is -0.497 e. The molecule has 0 bridgehead atoms. The molecule has 0 unspecified atom stereocenters. The Morgan fingerprint density at radius 1 is 1.24 bits per heavy atom. The fourth-order valence-corrected chi connectivity index (χ4v) is 3.52. The topological polar surface area (TPSA) is 47.6 Å². The summed E-state index contributed by atoms with van der Waals surface area (Å²) < 4.78 is 10.5. The Labute approximate surface area is 134 Å². The number of carbonyl (C=O) groups is 1. The van der Waals surface area contributed by atoms with E-state index < -0.39 is 0 Å². The van der Waals surface area contributed by atoms with Crippen LogP contribution in [0.5, 0.6) is 11.5 Å². The molecular weight excluding hydrogens is 334 g/mol. The molecule has 1 fully saturated rings. The first-order valence-electron chi connectivity index (χ1n) is 7.24. The SMILES string of the molecule is COc1ccc(C(=O)NC2(CBr)CCCCC2)c(OC)c1. The molecule has 1 saturated carbocycles. The smallest absolute Gasteiger partial charge is 0.255 e. The van der Waals surface area contributed by atoms with Crippen molar-refractivity contribution in [1.82, 2.24) is 5.32 Å². The van der Waals surface area contributed by atoms with Gasteiger partial charge in [0.2, 0.25) is 0 Å². The number of halogens is 1. The first kappa shape index (κ1) is 16.1. The van der Waals surface area contributed by atoms with Crippen LogP contribution in [0.4, 0.5) is 0 Å². The van der Waals surface area contributed by atoms with Gasteiger partial charge in [0.25, 0.3) is 5.91 Å². The molecule has 1 aromatic carbocycles. The number of alkyl halides is 1. The lowest BCUT2D eigenvalue weighted by atomic mass is 9.83. The zero-order valence-electron chi connectivity index (χ0n) is 12.6. The van der Waals surface area contributed by atoms with Crippen LogP contribution in [0.25, 0.3) is 0 Å². The first-order valence-corrected chi connectivity index (χ1v) is 8.37. The Morgan fingerprint density at radius 2 is 1.95 bits per heavy atom. The Balaban J connectivity index is 2.19. The molecule has 1 aliphatic carbocycles. The maximum Gasteiger partial charge on any atom is 0.255 e. The third-order valence-electron chi connectivity index (χ3n) is 4.10. The lowest BCUT2D eigenvalue weighted by molar-refractivity contribution is 0.0883. The molecule has 1 amide bonds. The minimum absolute atomic E-state index is 0.0872. The van der Waals surface area contributed by atoms with Gasteiger partial charge in [0.15, 0.2) is 0 Å². The maximum absolute atomic E-state index is 12.6. The van der Waals surface area contributed by atoms with Crippen molar-refractivity contribution in [1.29, 1.82) is 0 Å². The van der Waals surface area contributed by atoms with E-state index >= 15 is 0 Å². The van der Waals surface area contributed by atoms with Crippen molar-refractivity contribution in [3.05, 3.63) is 23.8 Å². The van der Waals surface area contributed by atoms with Crippen molar-refractivity contribution in [2.75, 3.05) is 19.5 Å². The summed E-state index contributed by atoms with van der Waals surface area (Å²) >= 11 is 3.56.